The van der Waals surface area contributed by atoms with Crippen molar-refractivity contribution in [2.75, 3.05) is 25.3 Å². The summed E-state index contributed by atoms with van der Waals surface area (Å²) >= 11 is 0. The number of carbonyl (C=O) groups is 2. The third-order valence-electron chi connectivity index (χ3n) is 4.09. The first kappa shape index (κ1) is 21.0. The number of hydrogen-bond acceptors (Lipinski definition) is 7. The fourth-order valence-corrected chi connectivity index (χ4v) is 2.82. The third kappa shape index (κ3) is 5.65. The lowest BCUT2D eigenvalue weighted by Gasteiger charge is -2.20. The predicted octanol–water partition coefficient (Wildman–Crippen LogP) is 3.11. The van der Waals surface area contributed by atoms with Crippen molar-refractivity contribution in [1.29, 1.82) is 0 Å². The van der Waals surface area contributed by atoms with Crippen LogP contribution in [0.4, 0.5) is 10.5 Å². The first-order valence-electron chi connectivity index (χ1n) is 9.16. The summed E-state index contributed by atoms with van der Waals surface area (Å²) in [4.78, 5) is 23.3. The van der Waals surface area contributed by atoms with Crippen LogP contribution in [-0.2, 0) is 9.53 Å². The molecule has 0 aliphatic carbocycles. The molecule has 1 heterocycles. The van der Waals surface area contributed by atoms with Gasteiger partial charge in [0.1, 0.15) is 18.5 Å². The minimum atomic E-state index is -1.11. The van der Waals surface area contributed by atoms with Crippen LogP contribution in [0.3, 0.4) is 0 Å². The van der Waals surface area contributed by atoms with Crippen LogP contribution in [0, 0.1) is 0 Å². The number of aliphatic carboxylic acids is 1. The van der Waals surface area contributed by atoms with Crippen molar-refractivity contribution in [2.45, 2.75) is 12.5 Å². The highest BCUT2D eigenvalue weighted by Gasteiger charge is 2.21. The van der Waals surface area contributed by atoms with Gasteiger partial charge in [0.2, 0.25) is 6.79 Å². The molecule has 1 aliphatic heterocycles. The summed E-state index contributed by atoms with van der Waals surface area (Å²) in [5.74, 6) is 0.414. The summed E-state index contributed by atoms with van der Waals surface area (Å²) < 4.78 is 21.6. The Labute approximate surface area is 172 Å². The van der Waals surface area contributed by atoms with Crippen molar-refractivity contribution in [3.05, 3.63) is 60.2 Å². The van der Waals surface area contributed by atoms with Crippen molar-refractivity contribution in [1.82, 2.24) is 0 Å². The maximum Gasteiger partial charge on any atom is 0.412 e. The molecule has 0 bridgehead atoms. The molecule has 0 saturated carbocycles. The molecule has 0 radical (unpaired) electrons. The average molecular weight is 415 g/mol. The maximum atomic E-state index is 12.5. The van der Waals surface area contributed by atoms with Gasteiger partial charge in [0, 0.05) is 29.8 Å². The van der Waals surface area contributed by atoms with E-state index in [1.54, 1.807) is 42.5 Å². The normalized spacial score (nSPS) is 13.1. The molecule has 3 N–H and O–H groups in total. The second kappa shape index (κ2) is 10.2. The molecule has 0 saturated heterocycles. The molecule has 1 atom stereocenters. The highest BCUT2D eigenvalue weighted by molar-refractivity contribution is 5.85. The van der Waals surface area contributed by atoms with Crippen LogP contribution < -0.4 is 19.5 Å². The number of carboxylic acids is 1. The molecule has 3 rings (SSSR count). The number of amides is 1. The molecule has 1 aliphatic rings. The van der Waals surface area contributed by atoms with Gasteiger partial charge in [0.25, 0.3) is 0 Å². The number of nitrogens with one attached hydrogen (secondary N) is 1. The van der Waals surface area contributed by atoms with Crippen molar-refractivity contribution in [3.8, 4) is 17.2 Å². The van der Waals surface area contributed by atoms with E-state index in [4.69, 9.17) is 29.2 Å². The molecular weight excluding hydrogens is 394 g/mol. The topological polar surface area (TPSA) is 124 Å². The lowest BCUT2D eigenvalue weighted by atomic mass is 10.0. The quantitative estimate of drug-likeness (QED) is 0.534. The summed E-state index contributed by atoms with van der Waals surface area (Å²) in [6, 6.07) is 11.8. The number of benzene rings is 2. The fraction of sp³-hybridized carbons (Fsp3) is 0.238. The summed E-state index contributed by atoms with van der Waals surface area (Å²) in [5.41, 5.74) is 0.996. The molecule has 2 aromatic carbocycles. The van der Waals surface area contributed by atoms with Crippen molar-refractivity contribution in [3.63, 3.8) is 0 Å². The van der Waals surface area contributed by atoms with Gasteiger partial charge in [-0.25, -0.2) is 9.59 Å². The first-order chi connectivity index (χ1) is 14.6. The fourth-order valence-electron chi connectivity index (χ4n) is 2.82. The van der Waals surface area contributed by atoms with Crippen LogP contribution in [0.25, 0.3) is 0 Å². The highest BCUT2D eigenvalue weighted by Crippen LogP contribution is 2.35. The van der Waals surface area contributed by atoms with E-state index in [9.17, 15) is 9.59 Å². The predicted molar refractivity (Wildman–Crippen MR) is 106 cm³/mol. The monoisotopic (exact) mass is 415 g/mol. The van der Waals surface area contributed by atoms with E-state index in [0.29, 0.717) is 28.5 Å². The SMILES string of the molecule is O=C(O)/C=C/C[C@H](OC(=O)Nc1ccc2c(c1)OCO2)c1ccccc1OCCO. The van der Waals surface area contributed by atoms with E-state index in [1.165, 1.54) is 6.08 Å². The average Bonchev–Trinajstić information content (AvgIpc) is 3.19. The highest BCUT2D eigenvalue weighted by atomic mass is 16.7. The van der Waals surface area contributed by atoms with Gasteiger partial charge in [0.15, 0.2) is 11.5 Å². The van der Waals surface area contributed by atoms with Gasteiger partial charge in [-0.1, -0.05) is 24.3 Å². The van der Waals surface area contributed by atoms with Gasteiger partial charge in [-0.2, -0.15) is 0 Å². The number of carboxylic acid groups (broad SMARTS) is 1. The smallest absolute Gasteiger partial charge is 0.412 e. The molecule has 2 aromatic rings. The number of hydrogen-bond donors (Lipinski definition) is 3. The zero-order valence-corrected chi connectivity index (χ0v) is 15.9. The van der Waals surface area contributed by atoms with E-state index < -0.39 is 18.2 Å². The van der Waals surface area contributed by atoms with E-state index in [0.717, 1.165) is 6.08 Å². The van der Waals surface area contributed by atoms with Gasteiger partial charge in [0.05, 0.1) is 6.61 Å². The third-order valence-corrected chi connectivity index (χ3v) is 4.09. The Morgan fingerprint density at radius 3 is 2.77 bits per heavy atom. The number of anilines is 1. The molecule has 9 nitrogen and oxygen atoms in total. The van der Waals surface area contributed by atoms with Gasteiger partial charge >= 0.3 is 12.1 Å². The van der Waals surface area contributed by atoms with Crippen molar-refractivity contribution in [2.24, 2.45) is 0 Å². The number of rotatable bonds is 9. The van der Waals surface area contributed by atoms with Crippen molar-refractivity contribution >= 4 is 17.7 Å². The van der Waals surface area contributed by atoms with Gasteiger partial charge in [-0.15, -0.1) is 0 Å². The Morgan fingerprint density at radius 2 is 1.97 bits per heavy atom. The van der Waals surface area contributed by atoms with Crippen LogP contribution in [0.2, 0.25) is 0 Å². The number of ether oxygens (including phenoxy) is 4. The second-order valence-electron chi connectivity index (χ2n) is 6.17. The zero-order chi connectivity index (χ0) is 21.3. The Morgan fingerprint density at radius 1 is 1.17 bits per heavy atom. The zero-order valence-electron chi connectivity index (χ0n) is 15.9. The number of carbonyl (C=O) groups excluding carboxylic acids is 1. The minimum absolute atomic E-state index is 0.0676. The van der Waals surface area contributed by atoms with Gasteiger partial charge < -0.3 is 29.2 Å². The summed E-state index contributed by atoms with van der Waals surface area (Å²) in [5, 5.41) is 20.5. The summed E-state index contributed by atoms with van der Waals surface area (Å²) in [7, 11) is 0. The molecule has 0 spiro atoms. The molecule has 0 aromatic heterocycles. The molecule has 30 heavy (non-hydrogen) atoms. The van der Waals surface area contributed by atoms with Crippen LogP contribution in [0.1, 0.15) is 18.1 Å². The summed E-state index contributed by atoms with van der Waals surface area (Å²) in [6.07, 6.45) is 0.928. The molecule has 9 heteroatoms. The lowest BCUT2D eigenvalue weighted by Crippen LogP contribution is -2.18. The van der Waals surface area contributed by atoms with Crippen molar-refractivity contribution < 1.29 is 38.7 Å². The Kier molecular flexibility index (Phi) is 7.12. The number of fused-ring (bicyclic) bond motifs is 1. The molecule has 0 fully saturated rings. The first-order valence-corrected chi connectivity index (χ1v) is 9.16. The van der Waals surface area contributed by atoms with E-state index in [2.05, 4.69) is 5.32 Å². The van der Waals surface area contributed by atoms with Crippen LogP contribution in [-0.4, -0.2) is 42.3 Å². The molecule has 1 amide bonds. The molecule has 0 unspecified atom stereocenters. The van der Waals surface area contributed by atoms with Crippen LogP contribution in [0.5, 0.6) is 17.2 Å². The number of para-hydroxylation sites is 1. The summed E-state index contributed by atoms with van der Waals surface area (Å²) in [6.45, 7) is 0.00725. The lowest BCUT2D eigenvalue weighted by molar-refractivity contribution is -0.131. The second-order valence-corrected chi connectivity index (χ2v) is 6.17. The Bertz CT molecular complexity index is 927. The number of aliphatic hydroxyl groups excluding tert-OH is 1. The Balaban J connectivity index is 1.75. The minimum Gasteiger partial charge on any atom is -0.491 e. The van der Waals surface area contributed by atoms with E-state index in [1.807, 2.05) is 0 Å². The van der Waals surface area contributed by atoms with E-state index in [-0.39, 0.29) is 26.4 Å². The van der Waals surface area contributed by atoms with Gasteiger partial charge in [-0.3, -0.25) is 5.32 Å². The molecular formula is C21H21NO8. The molecule has 158 valence electrons. The standard InChI is InChI=1S/C21H21NO8/c23-10-11-27-16-5-2-1-4-15(16)17(6-3-7-20(24)25)30-21(26)22-14-8-9-18-19(12-14)29-13-28-18/h1-5,7-9,12,17,23H,6,10-11,13H2,(H,22,26)(H,24,25)/b7-3+/t17-/m0/s1. The maximum absolute atomic E-state index is 12.5. The largest absolute Gasteiger partial charge is 0.491 e. The van der Waals surface area contributed by atoms with E-state index >= 15 is 0 Å². The Hall–Kier alpha value is -3.72. The van der Waals surface area contributed by atoms with Gasteiger partial charge in [-0.05, 0) is 18.2 Å². The number of aliphatic hydroxyl groups is 1. The van der Waals surface area contributed by atoms with Crippen LogP contribution >= 0.6 is 0 Å². The van der Waals surface area contributed by atoms with Crippen LogP contribution in [0.15, 0.2) is 54.6 Å².